The highest BCUT2D eigenvalue weighted by Crippen LogP contribution is 2.36. The van der Waals surface area contributed by atoms with Crippen molar-refractivity contribution in [2.45, 2.75) is 116 Å². The minimum atomic E-state index is -0.938. The van der Waals surface area contributed by atoms with E-state index in [0.29, 0.717) is 36.8 Å². The number of likely N-dealkylation sites (tertiary alicyclic amines) is 1. The molecule has 47 heavy (non-hydrogen) atoms. The standard InChI is InChI=1S/C33H44N4O.C5H9NO3/c1-4-5-6-7-8-9-10-11-21-34-30-17-13-14-27-28(30)15-12-16-29(27)32-35-33(38-36-32)26-18-19-31-25(23-26)20-22-37(31)24(2)3;7-4-1-2-6(3-4)5(8)9/h12,15-16,18-20,22-24,30,34H,4-11,13-14,17,21H2,1-3H3;4,7H,1-3H2,(H,8,9). The summed E-state index contributed by atoms with van der Waals surface area (Å²) < 4.78 is 8.06. The number of aromatic nitrogens is 3. The Kier molecular flexibility index (Phi) is 12.5. The normalized spacial score (nSPS) is 17.6. The Morgan fingerprint density at radius 3 is 2.53 bits per heavy atom. The number of carbonyl (C=O) groups is 1. The van der Waals surface area contributed by atoms with Crippen LogP contribution < -0.4 is 5.32 Å². The lowest BCUT2D eigenvalue weighted by atomic mass is 9.84. The number of hydrogen-bond donors (Lipinski definition) is 3. The fraction of sp³-hybridized carbons (Fsp3) is 0.553. The number of aliphatic hydroxyl groups excluding tert-OH is 1. The van der Waals surface area contributed by atoms with Gasteiger partial charge in [0.2, 0.25) is 5.82 Å². The van der Waals surface area contributed by atoms with Crippen LogP contribution in [-0.2, 0) is 6.42 Å². The van der Waals surface area contributed by atoms with E-state index in [2.05, 4.69) is 84.5 Å². The number of β-amino-alcohol motifs (C(OH)–C–C–N with tert-alkyl or cyclic N) is 1. The number of aliphatic hydroxyl groups is 1. The Balaban J connectivity index is 0.000000417. The SMILES string of the molecule is CCCCCCCCCCNC1CCCc2c(-c3noc(-c4ccc5c(ccn5C(C)C)c4)n3)cccc21.O=C(O)N1CCC(O)C1. The molecule has 2 atom stereocenters. The molecule has 1 fully saturated rings. The highest BCUT2D eigenvalue weighted by atomic mass is 16.5. The van der Waals surface area contributed by atoms with Crippen molar-refractivity contribution >= 4 is 17.0 Å². The van der Waals surface area contributed by atoms with Gasteiger partial charge in [0.25, 0.3) is 5.89 Å². The smallest absolute Gasteiger partial charge is 0.407 e. The topological polar surface area (TPSA) is 117 Å². The summed E-state index contributed by atoms with van der Waals surface area (Å²) >= 11 is 0. The zero-order valence-corrected chi connectivity index (χ0v) is 28.5. The average molecular weight is 644 g/mol. The lowest BCUT2D eigenvalue weighted by Gasteiger charge is -2.28. The Hall–Kier alpha value is -3.69. The summed E-state index contributed by atoms with van der Waals surface area (Å²) in [6, 6.07) is 16.0. The zero-order valence-electron chi connectivity index (χ0n) is 28.5. The predicted octanol–water partition coefficient (Wildman–Crippen LogP) is 8.78. The summed E-state index contributed by atoms with van der Waals surface area (Å²) in [4.78, 5) is 16.2. The summed E-state index contributed by atoms with van der Waals surface area (Å²) in [6.07, 6.45) is 15.7. The van der Waals surface area contributed by atoms with E-state index in [0.717, 1.165) is 24.1 Å². The molecule has 9 heteroatoms. The molecule has 3 N–H and O–H groups in total. The van der Waals surface area contributed by atoms with Gasteiger partial charge in [-0.1, -0.05) is 75.2 Å². The van der Waals surface area contributed by atoms with Gasteiger partial charge in [-0.25, -0.2) is 4.79 Å². The molecule has 254 valence electrons. The van der Waals surface area contributed by atoms with Crippen LogP contribution in [0.3, 0.4) is 0 Å². The number of nitrogens with zero attached hydrogens (tertiary/aromatic N) is 4. The highest BCUT2D eigenvalue weighted by molar-refractivity contribution is 5.84. The predicted molar refractivity (Wildman–Crippen MR) is 188 cm³/mol. The second-order valence-electron chi connectivity index (χ2n) is 13.4. The Morgan fingerprint density at radius 1 is 1.04 bits per heavy atom. The maximum atomic E-state index is 10.2. The van der Waals surface area contributed by atoms with Crippen LogP contribution in [-0.4, -0.2) is 61.7 Å². The van der Waals surface area contributed by atoms with Crippen molar-refractivity contribution in [3.05, 3.63) is 59.8 Å². The van der Waals surface area contributed by atoms with Crippen molar-refractivity contribution in [3.63, 3.8) is 0 Å². The molecule has 0 spiro atoms. The van der Waals surface area contributed by atoms with E-state index in [1.807, 2.05) is 0 Å². The second kappa shape index (κ2) is 16.9. The number of carboxylic acid groups (broad SMARTS) is 1. The van der Waals surface area contributed by atoms with Gasteiger partial charge in [0.15, 0.2) is 0 Å². The molecule has 0 radical (unpaired) electrons. The number of benzene rings is 2. The number of unbranched alkanes of at least 4 members (excludes halogenated alkanes) is 7. The summed E-state index contributed by atoms with van der Waals surface area (Å²) in [5.74, 6) is 1.28. The molecule has 2 aliphatic rings. The molecule has 1 aliphatic carbocycles. The maximum Gasteiger partial charge on any atom is 0.407 e. The van der Waals surface area contributed by atoms with Crippen LogP contribution in [0.25, 0.3) is 33.7 Å². The second-order valence-corrected chi connectivity index (χ2v) is 13.4. The molecule has 1 amide bonds. The van der Waals surface area contributed by atoms with Gasteiger partial charge in [0.05, 0.1) is 6.10 Å². The fourth-order valence-corrected chi connectivity index (χ4v) is 6.92. The number of amides is 1. The molecule has 3 heterocycles. The molecule has 4 aromatic rings. The van der Waals surface area contributed by atoms with Gasteiger partial charge in [0, 0.05) is 53.4 Å². The van der Waals surface area contributed by atoms with Gasteiger partial charge >= 0.3 is 6.09 Å². The first-order valence-corrected chi connectivity index (χ1v) is 17.8. The van der Waals surface area contributed by atoms with E-state index in [4.69, 9.17) is 19.7 Å². The molecule has 0 saturated carbocycles. The summed E-state index contributed by atoms with van der Waals surface area (Å²) in [6.45, 7) is 8.52. The Morgan fingerprint density at radius 2 is 1.83 bits per heavy atom. The van der Waals surface area contributed by atoms with Crippen molar-refractivity contribution in [1.82, 2.24) is 24.9 Å². The van der Waals surface area contributed by atoms with Gasteiger partial charge in [-0.15, -0.1) is 0 Å². The number of rotatable bonds is 13. The molecular weight excluding hydrogens is 590 g/mol. The van der Waals surface area contributed by atoms with E-state index >= 15 is 0 Å². The van der Waals surface area contributed by atoms with Crippen LogP contribution in [0, 0.1) is 0 Å². The van der Waals surface area contributed by atoms with Crippen LogP contribution in [0.2, 0.25) is 0 Å². The molecule has 1 aliphatic heterocycles. The molecule has 2 unspecified atom stereocenters. The van der Waals surface area contributed by atoms with Crippen molar-refractivity contribution in [2.75, 3.05) is 19.6 Å². The van der Waals surface area contributed by atoms with Crippen molar-refractivity contribution in [2.24, 2.45) is 0 Å². The van der Waals surface area contributed by atoms with Crippen LogP contribution in [0.4, 0.5) is 4.79 Å². The molecule has 1 saturated heterocycles. The van der Waals surface area contributed by atoms with E-state index in [1.54, 1.807) is 0 Å². The van der Waals surface area contributed by atoms with Crippen LogP contribution in [0.1, 0.15) is 115 Å². The maximum absolute atomic E-state index is 10.2. The van der Waals surface area contributed by atoms with Crippen molar-refractivity contribution < 1.29 is 19.5 Å². The van der Waals surface area contributed by atoms with E-state index < -0.39 is 12.2 Å². The van der Waals surface area contributed by atoms with Gasteiger partial charge in [0.1, 0.15) is 0 Å². The lowest BCUT2D eigenvalue weighted by molar-refractivity contribution is 0.140. The highest BCUT2D eigenvalue weighted by Gasteiger charge is 2.25. The quantitative estimate of drug-likeness (QED) is 0.125. The van der Waals surface area contributed by atoms with Crippen LogP contribution in [0.5, 0.6) is 0 Å². The fourth-order valence-electron chi connectivity index (χ4n) is 6.92. The van der Waals surface area contributed by atoms with Crippen LogP contribution in [0.15, 0.2) is 53.2 Å². The first-order valence-electron chi connectivity index (χ1n) is 17.8. The van der Waals surface area contributed by atoms with Gasteiger partial charge in [-0.05, 0) is 87.9 Å². The lowest BCUT2D eigenvalue weighted by Crippen LogP contribution is -2.27. The molecule has 9 nitrogen and oxygen atoms in total. The van der Waals surface area contributed by atoms with Gasteiger partial charge in [-0.3, -0.25) is 0 Å². The summed E-state index contributed by atoms with van der Waals surface area (Å²) in [5, 5.41) is 26.7. The average Bonchev–Trinajstić information content (AvgIpc) is 3.84. The van der Waals surface area contributed by atoms with E-state index in [9.17, 15) is 4.79 Å². The molecule has 2 aromatic heterocycles. The summed E-state index contributed by atoms with van der Waals surface area (Å²) in [7, 11) is 0. The minimum Gasteiger partial charge on any atom is -0.465 e. The van der Waals surface area contributed by atoms with Crippen molar-refractivity contribution in [1.29, 1.82) is 0 Å². The largest absolute Gasteiger partial charge is 0.465 e. The number of fused-ring (bicyclic) bond motifs is 2. The first kappa shape index (κ1) is 34.6. The van der Waals surface area contributed by atoms with Crippen molar-refractivity contribution in [3.8, 4) is 22.8 Å². The first-order chi connectivity index (χ1) is 22.9. The van der Waals surface area contributed by atoms with Gasteiger partial charge < -0.3 is 29.5 Å². The summed E-state index contributed by atoms with van der Waals surface area (Å²) in [5.41, 5.74) is 6.10. The number of hydrogen-bond acceptors (Lipinski definition) is 6. The molecule has 2 aromatic carbocycles. The van der Waals surface area contributed by atoms with Gasteiger partial charge in [-0.2, -0.15) is 4.98 Å². The molecular formula is C38H53N5O4. The third-order valence-corrected chi connectivity index (χ3v) is 9.55. The molecule has 0 bridgehead atoms. The monoisotopic (exact) mass is 643 g/mol. The number of nitrogens with one attached hydrogen (secondary N) is 1. The third kappa shape index (κ3) is 9.02. The van der Waals surface area contributed by atoms with E-state index in [-0.39, 0.29) is 6.54 Å². The zero-order chi connectivity index (χ0) is 33.2. The minimum absolute atomic E-state index is 0.273. The molecule has 6 rings (SSSR count). The van der Waals surface area contributed by atoms with E-state index in [1.165, 1.54) is 91.1 Å². The van der Waals surface area contributed by atoms with Crippen LogP contribution >= 0.6 is 0 Å². The third-order valence-electron chi connectivity index (χ3n) is 9.55. The Bertz CT molecular complexity index is 1580. The Labute approximate surface area is 279 Å².